The third kappa shape index (κ3) is 5.87. The van der Waals surface area contributed by atoms with Gasteiger partial charge in [0.15, 0.2) is 11.6 Å². The Balaban J connectivity index is 1.43. The van der Waals surface area contributed by atoms with E-state index in [0.717, 1.165) is 17.2 Å². The summed E-state index contributed by atoms with van der Waals surface area (Å²) in [6.45, 7) is 0.258. The molecule has 4 rings (SSSR count). The van der Waals surface area contributed by atoms with E-state index in [1.165, 1.54) is 24.3 Å². The Labute approximate surface area is 205 Å². The van der Waals surface area contributed by atoms with Crippen LogP contribution >= 0.6 is 0 Å². The van der Waals surface area contributed by atoms with Crippen LogP contribution in [0.4, 0.5) is 8.78 Å². The number of carboxylic acid groups (broad SMARTS) is 1. The van der Waals surface area contributed by atoms with Crippen LogP contribution in [0.3, 0.4) is 0 Å². The normalized spacial score (nSPS) is 11.1. The maximum Gasteiger partial charge on any atom is 0.317 e. The van der Waals surface area contributed by atoms with E-state index in [4.69, 9.17) is 14.3 Å². The van der Waals surface area contributed by atoms with E-state index in [-0.39, 0.29) is 43.1 Å². The quantitative estimate of drug-likeness (QED) is 0.335. The number of nitrogens with zero attached hydrogens (tertiary/aromatic N) is 1. The molecule has 0 radical (unpaired) electrons. The summed E-state index contributed by atoms with van der Waals surface area (Å²) in [7, 11) is 1.50. The molecule has 0 spiro atoms. The second-order valence-corrected chi connectivity index (χ2v) is 8.23. The molecule has 7 nitrogen and oxygen atoms in total. The molecule has 0 aliphatic carbocycles. The number of hydrogen-bond donors (Lipinski definition) is 2. The second kappa shape index (κ2) is 11.0. The van der Waals surface area contributed by atoms with Crippen molar-refractivity contribution >= 4 is 22.8 Å². The number of carbonyl (C=O) groups excluding carboxylic acids is 1. The van der Waals surface area contributed by atoms with Crippen LogP contribution in [0.5, 0.6) is 5.75 Å². The number of fused-ring (bicyclic) bond motifs is 1. The van der Waals surface area contributed by atoms with Gasteiger partial charge in [-0.25, -0.2) is 8.78 Å². The average molecular weight is 494 g/mol. The predicted octanol–water partition coefficient (Wildman–Crippen LogP) is 4.59. The summed E-state index contributed by atoms with van der Waals surface area (Å²) in [5.41, 5.74) is 3.07. The van der Waals surface area contributed by atoms with Crippen molar-refractivity contribution in [2.45, 2.75) is 13.2 Å². The zero-order chi connectivity index (χ0) is 25.7. The van der Waals surface area contributed by atoms with Crippen LogP contribution < -0.4 is 10.1 Å². The first-order chi connectivity index (χ1) is 17.3. The summed E-state index contributed by atoms with van der Waals surface area (Å²) < 4.78 is 39.2. The van der Waals surface area contributed by atoms with Crippen molar-refractivity contribution in [3.8, 4) is 16.9 Å². The van der Waals surface area contributed by atoms with E-state index in [1.807, 2.05) is 24.3 Å². The molecular formula is C27H24F2N2O5. The number of ether oxygens (including phenoxy) is 1. The number of furan rings is 1. The monoisotopic (exact) mass is 494 g/mol. The van der Waals surface area contributed by atoms with Crippen molar-refractivity contribution in [3.05, 3.63) is 89.7 Å². The Bertz CT molecular complexity index is 1380. The standard InChI is InChI=1S/C27H24F2N2O5/c1-30-24(32)14-31(15-25(33)34)13-17-3-2-4-18(11-17)16-36-20-7-5-19(6-8-20)22-12-23(28)26(29)21-9-10-35-27(21)22/h2-12H,13-16H2,1H3,(H,30,32)(H,33,34). The molecule has 0 bridgehead atoms. The Hall–Kier alpha value is -4.24. The highest BCUT2D eigenvalue weighted by atomic mass is 19.2. The first-order valence-corrected chi connectivity index (χ1v) is 11.1. The summed E-state index contributed by atoms with van der Waals surface area (Å²) in [5, 5.41) is 11.7. The van der Waals surface area contributed by atoms with Gasteiger partial charge in [0.25, 0.3) is 0 Å². The lowest BCUT2D eigenvalue weighted by Gasteiger charge is -2.19. The van der Waals surface area contributed by atoms with Gasteiger partial charge in [0.1, 0.15) is 17.9 Å². The molecule has 0 aliphatic rings. The highest BCUT2D eigenvalue weighted by Gasteiger charge is 2.16. The highest BCUT2D eigenvalue weighted by Crippen LogP contribution is 2.33. The average Bonchev–Trinajstić information content (AvgIpc) is 3.35. The zero-order valence-corrected chi connectivity index (χ0v) is 19.5. The SMILES string of the molecule is CNC(=O)CN(CC(=O)O)Cc1cccc(COc2ccc(-c3cc(F)c(F)c4ccoc34)cc2)c1. The maximum absolute atomic E-state index is 14.0. The van der Waals surface area contributed by atoms with Crippen molar-refractivity contribution in [2.24, 2.45) is 0 Å². The third-order valence-corrected chi connectivity index (χ3v) is 5.60. The molecule has 0 saturated heterocycles. The molecule has 1 amide bonds. The number of carbonyl (C=O) groups is 2. The van der Waals surface area contributed by atoms with E-state index >= 15 is 0 Å². The van der Waals surface area contributed by atoms with E-state index in [0.29, 0.717) is 16.9 Å². The van der Waals surface area contributed by atoms with Gasteiger partial charge in [0, 0.05) is 19.2 Å². The molecule has 0 atom stereocenters. The molecule has 1 aromatic heterocycles. The maximum atomic E-state index is 14.0. The topological polar surface area (TPSA) is 92.0 Å². The molecule has 4 aromatic rings. The van der Waals surface area contributed by atoms with Gasteiger partial charge in [-0.1, -0.05) is 36.4 Å². The number of nitrogens with one attached hydrogen (secondary N) is 1. The van der Waals surface area contributed by atoms with Crippen LogP contribution in [-0.2, 0) is 22.7 Å². The van der Waals surface area contributed by atoms with Gasteiger partial charge in [-0.3, -0.25) is 14.5 Å². The third-order valence-electron chi connectivity index (χ3n) is 5.60. The number of benzene rings is 3. The molecule has 9 heteroatoms. The van der Waals surface area contributed by atoms with Gasteiger partial charge in [-0.2, -0.15) is 0 Å². The van der Waals surface area contributed by atoms with Crippen LogP contribution in [0.25, 0.3) is 22.1 Å². The summed E-state index contributed by atoms with van der Waals surface area (Å²) in [4.78, 5) is 24.4. The fourth-order valence-corrected chi connectivity index (χ4v) is 3.90. The van der Waals surface area contributed by atoms with Crippen LogP contribution in [0.15, 0.2) is 71.3 Å². The molecule has 0 fully saturated rings. The Morgan fingerprint density at radius 2 is 1.78 bits per heavy atom. The molecule has 2 N–H and O–H groups in total. The first kappa shape index (κ1) is 24.9. The minimum Gasteiger partial charge on any atom is -0.489 e. The van der Waals surface area contributed by atoms with E-state index in [1.54, 1.807) is 24.3 Å². The zero-order valence-electron chi connectivity index (χ0n) is 19.5. The Morgan fingerprint density at radius 3 is 2.50 bits per heavy atom. The Morgan fingerprint density at radius 1 is 1.03 bits per heavy atom. The van der Waals surface area contributed by atoms with Crippen molar-refractivity contribution in [1.29, 1.82) is 0 Å². The Kier molecular flexibility index (Phi) is 7.60. The van der Waals surface area contributed by atoms with Gasteiger partial charge in [-0.15, -0.1) is 0 Å². The summed E-state index contributed by atoms with van der Waals surface area (Å²) in [6, 6.07) is 16.9. The number of carboxylic acids is 1. The number of aliphatic carboxylic acids is 1. The predicted molar refractivity (Wildman–Crippen MR) is 129 cm³/mol. The van der Waals surface area contributed by atoms with E-state index in [2.05, 4.69) is 5.32 Å². The van der Waals surface area contributed by atoms with Crippen LogP contribution in [-0.4, -0.2) is 42.0 Å². The van der Waals surface area contributed by atoms with Crippen molar-refractivity contribution < 1.29 is 32.6 Å². The lowest BCUT2D eigenvalue weighted by atomic mass is 10.0. The molecule has 0 saturated carbocycles. The lowest BCUT2D eigenvalue weighted by Crippen LogP contribution is -2.38. The van der Waals surface area contributed by atoms with Gasteiger partial charge in [0.05, 0.1) is 24.7 Å². The summed E-state index contributed by atoms with van der Waals surface area (Å²) >= 11 is 0. The van der Waals surface area contributed by atoms with Crippen LogP contribution in [0.2, 0.25) is 0 Å². The molecular weight excluding hydrogens is 470 g/mol. The number of halogens is 2. The highest BCUT2D eigenvalue weighted by molar-refractivity contribution is 5.93. The first-order valence-electron chi connectivity index (χ1n) is 11.1. The fraction of sp³-hybridized carbons (Fsp3) is 0.185. The number of likely N-dealkylation sites (N-methyl/N-ethyl adjacent to an activating group) is 1. The summed E-state index contributed by atoms with van der Waals surface area (Å²) in [5.74, 6) is -2.59. The minimum absolute atomic E-state index is 0.0296. The van der Waals surface area contributed by atoms with E-state index in [9.17, 15) is 18.4 Å². The fourth-order valence-electron chi connectivity index (χ4n) is 3.90. The van der Waals surface area contributed by atoms with Crippen LogP contribution in [0.1, 0.15) is 11.1 Å². The van der Waals surface area contributed by atoms with Gasteiger partial charge < -0.3 is 19.6 Å². The van der Waals surface area contributed by atoms with Crippen molar-refractivity contribution in [2.75, 3.05) is 20.1 Å². The molecule has 1 heterocycles. The number of rotatable bonds is 10. The number of hydrogen-bond acceptors (Lipinski definition) is 5. The van der Waals surface area contributed by atoms with Gasteiger partial charge in [-0.05, 0) is 41.0 Å². The smallest absolute Gasteiger partial charge is 0.317 e. The molecule has 3 aromatic carbocycles. The molecule has 36 heavy (non-hydrogen) atoms. The second-order valence-electron chi connectivity index (χ2n) is 8.23. The van der Waals surface area contributed by atoms with Crippen LogP contribution in [0, 0.1) is 11.6 Å². The molecule has 0 unspecified atom stereocenters. The van der Waals surface area contributed by atoms with Crippen molar-refractivity contribution in [3.63, 3.8) is 0 Å². The minimum atomic E-state index is -1.02. The van der Waals surface area contributed by atoms with Crippen molar-refractivity contribution in [1.82, 2.24) is 10.2 Å². The largest absolute Gasteiger partial charge is 0.489 e. The van der Waals surface area contributed by atoms with E-state index < -0.39 is 17.6 Å². The summed E-state index contributed by atoms with van der Waals surface area (Å²) in [6.07, 6.45) is 1.32. The molecule has 0 aliphatic heterocycles. The number of amides is 1. The molecule has 186 valence electrons. The van der Waals surface area contributed by atoms with Gasteiger partial charge >= 0.3 is 5.97 Å². The van der Waals surface area contributed by atoms with Gasteiger partial charge in [0.2, 0.25) is 5.91 Å². The lowest BCUT2D eigenvalue weighted by molar-refractivity contribution is -0.138.